The number of carbonyl (C=O) groups excluding carboxylic acids is 1. The number of thioether (sulfide) groups is 2. The monoisotopic (exact) mass is 384 g/mol. The number of unbranched alkanes of at least 4 members (excludes halogenated alkanes) is 4. The van der Waals surface area contributed by atoms with Crippen LogP contribution in [0.2, 0.25) is 0 Å². The summed E-state index contributed by atoms with van der Waals surface area (Å²) in [5.41, 5.74) is 0. The van der Waals surface area contributed by atoms with E-state index in [-0.39, 0.29) is 18.1 Å². The van der Waals surface area contributed by atoms with Crippen molar-refractivity contribution in [2.45, 2.75) is 75.2 Å². The van der Waals surface area contributed by atoms with Crippen LogP contribution >= 0.6 is 23.5 Å². The van der Waals surface area contributed by atoms with E-state index >= 15 is 0 Å². The number of carboxylic acids is 1. The topological polar surface area (TPSA) is 54.4 Å². The highest BCUT2D eigenvalue weighted by Crippen LogP contribution is 2.54. The van der Waals surface area contributed by atoms with Gasteiger partial charge in [0.05, 0.1) is 0 Å². The third-order valence-electron chi connectivity index (χ3n) is 5.25. The molecule has 5 heteroatoms. The Morgan fingerprint density at radius 1 is 1.16 bits per heavy atom. The number of aliphatic carboxylic acids is 1. The van der Waals surface area contributed by atoms with Gasteiger partial charge in [-0.25, -0.2) is 0 Å². The fourth-order valence-electron chi connectivity index (χ4n) is 3.91. The molecule has 2 saturated heterocycles. The van der Waals surface area contributed by atoms with Crippen LogP contribution < -0.4 is 0 Å². The first-order chi connectivity index (χ1) is 12.1. The molecule has 2 aliphatic heterocycles. The van der Waals surface area contributed by atoms with Gasteiger partial charge in [-0.15, -0.1) is 0 Å². The van der Waals surface area contributed by atoms with Gasteiger partial charge in [0, 0.05) is 22.8 Å². The largest absolute Gasteiger partial charge is 0.481 e. The summed E-state index contributed by atoms with van der Waals surface area (Å²) in [7, 11) is 0. The number of hydrogen-bond acceptors (Lipinski definition) is 4. The SMILES string of the molecule is CCCCCCSC[C@H]1[C@@H](C(=O)C=CCCCC(=O)O)[C@H]2CC[C@@H]1S2. The molecule has 25 heavy (non-hydrogen) atoms. The molecule has 0 aromatic carbocycles. The molecule has 2 bridgehead atoms. The molecule has 2 aliphatic rings. The smallest absolute Gasteiger partial charge is 0.303 e. The second kappa shape index (κ2) is 11.3. The number of carbonyl (C=O) groups is 2. The lowest BCUT2D eigenvalue weighted by molar-refractivity contribution is -0.137. The number of carboxylic acid groups (broad SMARTS) is 1. The minimum Gasteiger partial charge on any atom is -0.481 e. The Morgan fingerprint density at radius 2 is 1.96 bits per heavy atom. The normalized spacial score (nSPS) is 28.0. The molecule has 4 atom stereocenters. The molecule has 0 aromatic heterocycles. The van der Waals surface area contributed by atoms with Gasteiger partial charge in [-0.3, -0.25) is 9.59 Å². The predicted octanol–water partition coefficient (Wildman–Crippen LogP) is 5.19. The number of hydrogen-bond donors (Lipinski definition) is 1. The predicted molar refractivity (Wildman–Crippen MR) is 108 cm³/mol. The van der Waals surface area contributed by atoms with Crippen LogP contribution in [0.1, 0.15) is 64.7 Å². The molecule has 0 saturated carbocycles. The van der Waals surface area contributed by atoms with Crippen molar-refractivity contribution in [3.63, 3.8) is 0 Å². The van der Waals surface area contributed by atoms with Gasteiger partial charge in [0.2, 0.25) is 0 Å². The van der Waals surface area contributed by atoms with E-state index in [1.165, 1.54) is 44.3 Å². The molecule has 0 aromatic rings. The van der Waals surface area contributed by atoms with E-state index in [1.54, 1.807) is 6.08 Å². The lowest BCUT2D eigenvalue weighted by Gasteiger charge is -2.27. The highest BCUT2D eigenvalue weighted by Gasteiger charge is 2.50. The van der Waals surface area contributed by atoms with Gasteiger partial charge in [0.1, 0.15) is 0 Å². The van der Waals surface area contributed by atoms with E-state index in [4.69, 9.17) is 5.11 Å². The average molecular weight is 385 g/mol. The lowest BCUT2D eigenvalue weighted by Crippen LogP contribution is -2.34. The summed E-state index contributed by atoms with van der Waals surface area (Å²) >= 11 is 4.09. The summed E-state index contributed by atoms with van der Waals surface area (Å²) in [5.74, 6) is 2.61. The molecule has 2 heterocycles. The standard InChI is InChI=1S/C20H32O3S2/c1-2-3-4-8-13-24-14-15-17-11-12-18(25-17)20(15)16(21)9-6-5-7-10-19(22)23/h6,9,15,17-18,20H,2-5,7-8,10-14H2,1H3,(H,22,23)/t15-,17+,18-,20+/m1/s1. The van der Waals surface area contributed by atoms with E-state index in [0.29, 0.717) is 29.3 Å². The molecule has 0 aliphatic carbocycles. The zero-order chi connectivity index (χ0) is 18.1. The molecule has 0 spiro atoms. The fraction of sp³-hybridized carbons (Fsp3) is 0.800. The Kier molecular flexibility index (Phi) is 9.46. The Labute approximate surface area is 160 Å². The minimum atomic E-state index is -0.764. The van der Waals surface area contributed by atoms with Gasteiger partial charge in [-0.1, -0.05) is 32.3 Å². The van der Waals surface area contributed by atoms with Crippen molar-refractivity contribution in [1.82, 2.24) is 0 Å². The van der Waals surface area contributed by atoms with Crippen molar-refractivity contribution in [2.75, 3.05) is 11.5 Å². The van der Waals surface area contributed by atoms with E-state index in [0.717, 1.165) is 5.75 Å². The second-order valence-electron chi connectivity index (χ2n) is 7.21. The van der Waals surface area contributed by atoms with Crippen molar-refractivity contribution in [1.29, 1.82) is 0 Å². The van der Waals surface area contributed by atoms with Crippen molar-refractivity contribution in [2.24, 2.45) is 11.8 Å². The van der Waals surface area contributed by atoms with Gasteiger partial charge in [-0.05, 0) is 55.6 Å². The zero-order valence-corrected chi connectivity index (χ0v) is 17.0. The first-order valence-electron chi connectivity index (χ1n) is 9.78. The third kappa shape index (κ3) is 6.67. The Bertz CT molecular complexity index is 464. The van der Waals surface area contributed by atoms with Gasteiger partial charge >= 0.3 is 5.97 Å². The number of ketones is 1. The molecular weight excluding hydrogens is 352 g/mol. The second-order valence-corrected chi connectivity index (χ2v) is 9.84. The highest BCUT2D eigenvalue weighted by atomic mass is 32.2. The van der Waals surface area contributed by atoms with E-state index in [1.807, 2.05) is 29.6 Å². The molecule has 0 radical (unpaired) electrons. The minimum absolute atomic E-state index is 0.180. The van der Waals surface area contributed by atoms with E-state index < -0.39 is 5.97 Å². The van der Waals surface area contributed by atoms with Crippen LogP contribution in [0.3, 0.4) is 0 Å². The summed E-state index contributed by atoms with van der Waals surface area (Å²) in [5, 5.41) is 9.86. The Hall–Kier alpha value is -0.420. The first-order valence-corrected chi connectivity index (χ1v) is 11.9. The number of fused-ring (bicyclic) bond motifs is 2. The van der Waals surface area contributed by atoms with Crippen LogP contribution in [-0.4, -0.2) is 38.9 Å². The van der Waals surface area contributed by atoms with Crippen molar-refractivity contribution >= 4 is 35.3 Å². The third-order valence-corrected chi connectivity index (χ3v) is 8.26. The molecule has 3 nitrogen and oxygen atoms in total. The Morgan fingerprint density at radius 3 is 2.72 bits per heavy atom. The molecule has 2 rings (SSSR count). The van der Waals surface area contributed by atoms with Crippen LogP contribution in [0, 0.1) is 11.8 Å². The first kappa shape index (κ1) is 20.9. The summed E-state index contributed by atoms with van der Waals surface area (Å²) in [6.45, 7) is 2.24. The maximum atomic E-state index is 12.7. The summed E-state index contributed by atoms with van der Waals surface area (Å²) in [6.07, 6.45) is 12.8. The summed E-state index contributed by atoms with van der Waals surface area (Å²) < 4.78 is 0. The molecule has 0 unspecified atom stereocenters. The lowest BCUT2D eigenvalue weighted by atomic mass is 9.78. The number of allylic oxidation sites excluding steroid dienone is 2. The quantitative estimate of drug-likeness (QED) is 0.350. The molecule has 0 amide bonds. The average Bonchev–Trinajstić information content (AvgIpc) is 3.18. The van der Waals surface area contributed by atoms with Gasteiger partial charge in [-0.2, -0.15) is 23.5 Å². The fourth-order valence-corrected chi connectivity index (χ4v) is 7.29. The maximum Gasteiger partial charge on any atom is 0.303 e. The van der Waals surface area contributed by atoms with Gasteiger partial charge < -0.3 is 5.11 Å². The molecular formula is C20H32O3S2. The van der Waals surface area contributed by atoms with Crippen LogP contribution in [0.25, 0.3) is 0 Å². The summed E-state index contributed by atoms with van der Waals surface area (Å²) in [6, 6.07) is 0. The van der Waals surface area contributed by atoms with E-state index in [9.17, 15) is 9.59 Å². The van der Waals surface area contributed by atoms with Crippen LogP contribution in [-0.2, 0) is 9.59 Å². The van der Waals surface area contributed by atoms with Crippen LogP contribution in [0.4, 0.5) is 0 Å². The van der Waals surface area contributed by atoms with E-state index in [2.05, 4.69) is 6.92 Å². The van der Waals surface area contributed by atoms with Crippen LogP contribution in [0.15, 0.2) is 12.2 Å². The number of rotatable bonds is 13. The maximum absolute atomic E-state index is 12.7. The van der Waals surface area contributed by atoms with Gasteiger partial charge in [0.25, 0.3) is 0 Å². The molecule has 1 N–H and O–H groups in total. The van der Waals surface area contributed by atoms with Gasteiger partial charge in [0.15, 0.2) is 5.78 Å². The Balaban J connectivity index is 1.75. The van der Waals surface area contributed by atoms with Crippen molar-refractivity contribution in [3.8, 4) is 0 Å². The summed E-state index contributed by atoms with van der Waals surface area (Å²) in [4.78, 5) is 23.2. The molecule has 2 fully saturated rings. The van der Waals surface area contributed by atoms with Crippen molar-refractivity contribution in [3.05, 3.63) is 12.2 Å². The van der Waals surface area contributed by atoms with Crippen LogP contribution in [0.5, 0.6) is 0 Å². The highest BCUT2D eigenvalue weighted by molar-refractivity contribution is 8.01. The van der Waals surface area contributed by atoms with Crippen molar-refractivity contribution < 1.29 is 14.7 Å². The zero-order valence-electron chi connectivity index (χ0n) is 15.3. The molecule has 142 valence electrons.